The topological polar surface area (TPSA) is 94.8 Å². The van der Waals surface area contributed by atoms with Gasteiger partial charge in [-0.2, -0.15) is 0 Å². The van der Waals surface area contributed by atoms with E-state index < -0.39 is 17.2 Å². The largest absolute Gasteiger partial charge is 0.351 e. The van der Waals surface area contributed by atoms with Crippen molar-refractivity contribution in [2.45, 2.75) is 12.8 Å². The minimum absolute atomic E-state index is 0.0607. The second kappa shape index (κ2) is 5.56. The van der Waals surface area contributed by atoms with E-state index in [-0.39, 0.29) is 5.69 Å². The van der Waals surface area contributed by atoms with E-state index in [2.05, 4.69) is 16.2 Å². The molecule has 16 heavy (non-hydrogen) atoms. The lowest BCUT2D eigenvalue weighted by Gasteiger charge is -2.02. The molecule has 0 aliphatic heterocycles. The Balaban J connectivity index is 2.63. The van der Waals surface area contributed by atoms with Gasteiger partial charge in [-0.3, -0.25) is 14.6 Å². The molecule has 3 N–H and O–H groups in total. The van der Waals surface area contributed by atoms with Gasteiger partial charge in [-0.15, -0.1) is 12.3 Å². The van der Waals surface area contributed by atoms with Crippen LogP contribution < -0.4 is 16.6 Å². The summed E-state index contributed by atoms with van der Waals surface area (Å²) in [5, 5.41) is 2.53. The molecule has 0 bridgehead atoms. The highest BCUT2D eigenvalue weighted by Gasteiger charge is 2.06. The molecule has 1 amide bonds. The van der Waals surface area contributed by atoms with Gasteiger partial charge in [0.2, 0.25) is 0 Å². The Hall–Kier alpha value is -2.29. The normalized spacial score (nSPS) is 9.44. The molecule has 0 aliphatic rings. The minimum atomic E-state index is -0.707. The van der Waals surface area contributed by atoms with Crippen LogP contribution in [0.4, 0.5) is 0 Å². The van der Waals surface area contributed by atoms with Crippen molar-refractivity contribution >= 4 is 5.91 Å². The van der Waals surface area contributed by atoms with Crippen LogP contribution >= 0.6 is 0 Å². The fraction of sp³-hybridized carbons (Fsp3) is 0.300. The maximum Gasteiger partial charge on any atom is 0.326 e. The second-order valence-electron chi connectivity index (χ2n) is 3.06. The Morgan fingerprint density at radius 1 is 1.44 bits per heavy atom. The van der Waals surface area contributed by atoms with E-state index in [4.69, 9.17) is 6.42 Å². The minimum Gasteiger partial charge on any atom is -0.351 e. The van der Waals surface area contributed by atoms with Crippen LogP contribution in [0.3, 0.4) is 0 Å². The van der Waals surface area contributed by atoms with Gasteiger partial charge in [-0.1, -0.05) is 0 Å². The van der Waals surface area contributed by atoms with E-state index in [0.717, 1.165) is 6.07 Å². The summed E-state index contributed by atoms with van der Waals surface area (Å²) in [5.41, 5.74) is -1.38. The first-order valence-corrected chi connectivity index (χ1v) is 4.69. The third-order valence-electron chi connectivity index (χ3n) is 1.79. The van der Waals surface area contributed by atoms with Crippen LogP contribution in [0.1, 0.15) is 23.3 Å². The number of H-pyrrole nitrogens is 2. The number of aromatic nitrogens is 2. The zero-order valence-electron chi connectivity index (χ0n) is 8.50. The Morgan fingerprint density at radius 2 is 2.19 bits per heavy atom. The van der Waals surface area contributed by atoms with Crippen molar-refractivity contribution in [2.75, 3.05) is 6.54 Å². The lowest BCUT2D eigenvalue weighted by molar-refractivity contribution is 0.0947. The average molecular weight is 221 g/mol. The predicted octanol–water partition coefficient (Wildman–Crippen LogP) is -0.794. The zero-order valence-corrected chi connectivity index (χ0v) is 8.50. The van der Waals surface area contributed by atoms with Gasteiger partial charge in [0.1, 0.15) is 5.69 Å². The molecule has 0 aromatic carbocycles. The number of unbranched alkanes of at least 4 members (excludes halogenated alkanes) is 1. The first-order chi connectivity index (χ1) is 7.63. The standard InChI is InChI=1S/C10H11N3O3/c1-2-3-4-5-11-9(15)7-6-8(14)13-10(16)12-7/h1,6H,3-5H2,(H,11,15)(H2,12,13,14,16). The van der Waals surface area contributed by atoms with Crippen molar-refractivity contribution < 1.29 is 4.79 Å². The Kier molecular flexibility index (Phi) is 4.09. The summed E-state index contributed by atoms with van der Waals surface area (Å²) in [6.07, 6.45) is 6.25. The van der Waals surface area contributed by atoms with Crippen molar-refractivity contribution in [1.82, 2.24) is 15.3 Å². The smallest absolute Gasteiger partial charge is 0.326 e. The predicted molar refractivity (Wildman–Crippen MR) is 58.1 cm³/mol. The number of hydrogen-bond donors (Lipinski definition) is 3. The third kappa shape index (κ3) is 3.46. The van der Waals surface area contributed by atoms with Crippen molar-refractivity contribution in [3.63, 3.8) is 0 Å². The summed E-state index contributed by atoms with van der Waals surface area (Å²) in [6, 6.07) is 1.03. The van der Waals surface area contributed by atoms with Gasteiger partial charge in [0, 0.05) is 19.0 Å². The van der Waals surface area contributed by atoms with Crippen LogP contribution in [-0.2, 0) is 0 Å². The van der Waals surface area contributed by atoms with E-state index in [1.807, 2.05) is 4.98 Å². The first kappa shape index (κ1) is 11.8. The van der Waals surface area contributed by atoms with Crippen molar-refractivity contribution in [2.24, 2.45) is 0 Å². The molecule has 6 heteroatoms. The van der Waals surface area contributed by atoms with Crippen LogP contribution in [0.25, 0.3) is 0 Å². The van der Waals surface area contributed by atoms with Crippen LogP contribution in [0.5, 0.6) is 0 Å². The number of carbonyl (C=O) groups is 1. The van der Waals surface area contributed by atoms with Crippen molar-refractivity contribution in [3.05, 3.63) is 32.6 Å². The van der Waals surface area contributed by atoms with Crippen molar-refractivity contribution in [3.8, 4) is 12.3 Å². The zero-order chi connectivity index (χ0) is 12.0. The number of rotatable bonds is 4. The van der Waals surface area contributed by atoms with Gasteiger partial charge in [-0.25, -0.2) is 4.79 Å². The molecule has 0 aliphatic carbocycles. The van der Waals surface area contributed by atoms with Gasteiger partial charge < -0.3 is 10.3 Å². The maximum atomic E-state index is 11.4. The molecule has 1 rings (SSSR count). The molecule has 0 unspecified atom stereocenters. The van der Waals surface area contributed by atoms with Gasteiger partial charge in [0.25, 0.3) is 11.5 Å². The summed E-state index contributed by atoms with van der Waals surface area (Å²) in [5.74, 6) is 1.94. The fourth-order valence-corrected chi connectivity index (χ4v) is 1.08. The highest BCUT2D eigenvalue weighted by atomic mass is 16.2. The van der Waals surface area contributed by atoms with E-state index in [1.54, 1.807) is 0 Å². The van der Waals surface area contributed by atoms with Crippen LogP contribution in [0.15, 0.2) is 15.7 Å². The summed E-state index contributed by atoms with van der Waals surface area (Å²) in [4.78, 5) is 37.4. The van der Waals surface area contributed by atoms with E-state index in [9.17, 15) is 14.4 Å². The molecule has 6 nitrogen and oxygen atoms in total. The molecule has 1 heterocycles. The van der Waals surface area contributed by atoms with E-state index in [0.29, 0.717) is 19.4 Å². The lowest BCUT2D eigenvalue weighted by Crippen LogP contribution is -2.31. The van der Waals surface area contributed by atoms with Gasteiger partial charge in [0.05, 0.1) is 0 Å². The van der Waals surface area contributed by atoms with Crippen molar-refractivity contribution in [1.29, 1.82) is 0 Å². The molecule has 0 atom stereocenters. The summed E-state index contributed by atoms with van der Waals surface area (Å²) in [6.45, 7) is 0.401. The highest BCUT2D eigenvalue weighted by Crippen LogP contribution is 1.87. The Labute approximate surface area is 91.1 Å². The molecule has 0 spiro atoms. The average Bonchev–Trinajstić information content (AvgIpc) is 2.22. The molecule has 0 radical (unpaired) electrons. The maximum absolute atomic E-state index is 11.4. The number of carbonyl (C=O) groups excluding carboxylic acids is 1. The molecule has 0 saturated carbocycles. The van der Waals surface area contributed by atoms with E-state index in [1.165, 1.54) is 0 Å². The third-order valence-corrected chi connectivity index (χ3v) is 1.79. The van der Waals surface area contributed by atoms with Crippen LogP contribution in [0, 0.1) is 12.3 Å². The van der Waals surface area contributed by atoms with Gasteiger partial charge in [-0.05, 0) is 6.42 Å². The molecule has 84 valence electrons. The SMILES string of the molecule is C#CCCCNC(=O)c1cc(=O)[nH]c(=O)[nH]1. The molecular weight excluding hydrogens is 210 g/mol. The number of nitrogens with one attached hydrogen (secondary N) is 3. The fourth-order valence-electron chi connectivity index (χ4n) is 1.08. The molecular formula is C10H11N3O3. The van der Waals surface area contributed by atoms with Gasteiger partial charge >= 0.3 is 5.69 Å². The molecule has 1 aromatic heterocycles. The number of terminal acetylenes is 1. The second-order valence-corrected chi connectivity index (χ2v) is 3.06. The van der Waals surface area contributed by atoms with Crippen LogP contribution in [0.2, 0.25) is 0 Å². The quantitative estimate of drug-likeness (QED) is 0.459. The van der Waals surface area contributed by atoms with E-state index >= 15 is 0 Å². The molecule has 1 aromatic rings. The molecule has 0 saturated heterocycles. The summed E-state index contributed by atoms with van der Waals surface area (Å²) < 4.78 is 0. The first-order valence-electron chi connectivity index (χ1n) is 4.69. The number of amides is 1. The van der Waals surface area contributed by atoms with Gasteiger partial charge in [0.15, 0.2) is 0 Å². The highest BCUT2D eigenvalue weighted by molar-refractivity contribution is 5.91. The Morgan fingerprint density at radius 3 is 2.81 bits per heavy atom. The number of hydrogen-bond acceptors (Lipinski definition) is 3. The number of aromatic amines is 2. The summed E-state index contributed by atoms with van der Waals surface area (Å²) >= 11 is 0. The summed E-state index contributed by atoms with van der Waals surface area (Å²) in [7, 11) is 0. The van der Waals surface area contributed by atoms with Crippen LogP contribution in [-0.4, -0.2) is 22.4 Å². The molecule has 0 fully saturated rings. The monoisotopic (exact) mass is 221 g/mol. The Bertz CT molecular complexity index is 493. The lowest BCUT2D eigenvalue weighted by atomic mass is 10.3.